The summed E-state index contributed by atoms with van der Waals surface area (Å²) in [4.78, 5) is 42.9. The van der Waals surface area contributed by atoms with Gasteiger partial charge in [0, 0.05) is 39.3 Å². The summed E-state index contributed by atoms with van der Waals surface area (Å²) >= 11 is 0. The van der Waals surface area contributed by atoms with Crippen LogP contribution in [-0.2, 0) is 9.59 Å². The van der Waals surface area contributed by atoms with Gasteiger partial charge in [0.15, 0.2) is 6.10 Å². The Bertz CT molecular complexity index is 754. The topological polar surface area (TPSA) is 82.2 Å². The van der Waals surface area contributed by atoms with E-state index in [9.17, 15) is 14.4 Å². The maximum absolute atomic E-state index is 12.7. The molecule has 0 saturated carbocycles. The number of para-hydroxylation sites is 2. The zero-order chi connectivity index (χ0) is 19.5. The molecule has 150 valence electrons. The Kier molecular flexibility index (Phi) is 5.36. The average molecular weight is 386 g/mol. The van der Waals surface area contributed by atoms with Crippen LogP contribution in [0.2, 0.25) is 0 Å². The van der Waals surface area contributed by atoms with E-state index in [1.54, 1.807) is 17.0 Å². The lowest BCUT2D eigenvalue weighted by atomic mass is 10.1. The number of piperazine rings is 1. The largest absolute Gasteiger partial charge is 0.478 e. The van der Waals surface area contributed by atoms with Gasteiger partial charge in [-0.3, -0.25) is 9.59 Å². The summed E-state index contributed by atoms with van der Waals surface area (Å²) in [6, 6.07) is 7.27. The van der Waals surface area contributed by atoms with E-state index in [0.717, 1.165) is 25.9 Å². The molecule has 2 fully saturated rings. The fraction of sp³-hybridized carbons (Fsp3) is 0.550. The first kappa shape index (κ1) is 18.6. The minimum atomic E-state index is -0.824. The average Bonchev–Trinajstić information content (AvgIpc) is 2.74. The number of anilines is 1. The lowest BCUT2D eigenvalue weighted by Gasteiger charge is -2.39. The summed E-state index contributed by atoms with van der Waals surface area (Å²) in [5.74, 6) is 0.160. The van der Waals surface area contributed by atoms with Crippen molar-refractivity contribution in [1.82, 2.24) is 14.7 Å². The number of piperidine rings is 1. The highest BCUT2D eigenvalue weighted by molar-refractivity contribution is 6.00. The summed E-state index contributed by atoms with van der Waals surface area (Å²) in [7, 11) is 0. The number of carbonyl (C=O) groups is 3. The summed E-state index contributed by atoms with van der Waals surface area (Å²) in [6.07, 6.45) is 2.50. The van der Waals surface area contributed by atoms with Crippen LogP contribution in [0.1, 0.15) is 25.7 Å². The number of carbonyl (C=O) groups excluding carboxylic acids is 3. The number of likely N-dealkylation sites (tertiary alicyclic amines) is 1. The minimum absolute atomic E-state index is 0.000237. The number of urea groups is 1. The molecule has 0 unspecified atom stereocenters. The fourth-order valence-corrected chi connectivity index (χ4v) is 3.95. The Morgan fingerprint density at radius 3 is 2.32 bits per heavy atom. The molecule has 0 aromatic heterocycles. The molecule has 8 heteroatoms. The smallest absolute Gasteiger partial charge is 0.320 e. The molecule has 0 spiro atoms. The third kappa shape index (κ3) is 3.90. The number of nitrogens with one attached hydrogen (secondary N) is 1. The fourth-order valence-electron chi connectivity index (χ4n) is 3.95. The maximum atomic E-state index is 12.7. The molecule has 8 nitrogen and oxygen atoms in total. The Labute approximate surface area is 164 Å². The van der Waals surface area contributed by atoms with E-state index in [2.05, 4.69) is 5.32 Å². The normalized spacial score (nSPS) is 22.2. The van der Waals surface area contributed by atoms with Gasteiger partial charge in [0.05, 0.1) is 12.1 Å². The first-order valence-corrected chi connectivity index (χ1v) is 10.00. The standard InChI is InChI=1S/C20H26N4O4/c25-18(14-17-19(26)21-15-6-2-3-7-16(15)28-17)22-10-12-24(13-11-22)20(27)23-8-4-1-5-9-23/h2-3,6-7,17H,1,4-5,8-14H2,(H,21,26)/t17-/m1/s1. The van der Waals surface area contributed by atoms with Crippen molar-refractivity contribution < 1.29 is 19.1 Å². The zero-order valence-electron chi connectivity index (χ0n) is 15.9. The quantitative estimate of drug-likeness (QED) is 0.836. The van der Waals surface area contributed by atoms with E-state index in [-0.39, 0.29) is 24.3 Å². The highest BCUT2D eigenvalue weighted by Gasteiger charge is 2.33. The summed E-state index contributed by atoms with van der Waals surface area (Å²) < 4.78 is 5.71. The van der Waals surface area contributed by atoms with Gasteiger partial charge in [-0.25, -0.2) is 4.79 Å². The predicted molar refractivity (Wildman–Crippen MR) is 103 cm³/mol. The number of hydrogen-bond acceptors (Lipinski definition) is 4. The van der Waals surface area contributed by atoms with Crippen LogP contribution in [0, 0.1) is 0 Å². The first-order chi connectivity index (χ1) is 13.6. The van der Waals surface area contributed by atoms with Crippen LogP contribution in [0.15, 0.2) is 24.3 Å². The molecule has 4 rings (SSSR count). The predicted octanol–water partition coefficient (Wildman–Crippen LogP) is 1.53. The molecule has 2 saturated heterocycles. The van der Waals surface area contributed by atoms with Gasteiger partial charge in [-0.05, 0) is 31.4 Å². The van der Waals surface area contributed by atoms with Gasteiger partial charge in [-0.15, -0.1) is 0 Å². The molecule has 3 aliphatic rings. The zero-order valence-corrected chi connectivity index (χ0v) is 15.9. The van der Waals surface area contributed by atoms with Crippen molar-refractivity contribution in [1.29, 1.82) is 0 Å². The third-order valence-electron chi connectivity index (χ3n) is 5.60. The molecule has 0 radical (unpaired) electrons. The van der Waals surface area contributed by atoms with Gasteiger partial charge >= 0.3 is 6.03 Å². The van der Waals surface area contributed by atoms with Crippen LogP contribution in [0.3, 0.4) is 0 Å². The lowest BCUT2D eigenvalue weighted by Crippen LogP contribution is -2.55. The number of hydrogen-bond donors (Lipinski definition) is 1. The number of benzene rings is 1. The SMILES string of the molecule is O=C1Nc2ccccc2O[C@@H]1CC(=O)N1CCN(C(=O)N2CCCCC2)CC1. The highest BCUT2D eigenvalue weighted by Crippen LogP contribution is 2.29. The second kappa shape index (κ2) is 8.08. The maximum Gasteiger partial charge on any atom is 0.320 e. The van der Waals surface area contributed by atoms with E-state index < -0.39 is 6.10 Å². The molecule has 1 aromatic rings. The van der Waals surface area contributed by atoms with Gasteiger partial charge in [0.25, 0.3) is 5.91 Å². The molecule has 0 aliphatic carbocycles. The molecule has 4 amide bonds. The molecule has 1 N–H and O–H groups in total. The van der Waals surface area contributed by atoms with E-state index in [4.69, 9.17) is 4.74 Å². The number of amides is 4. The van der Waals surface area contributed by atoms with E-state index >= 15 is 0 Å². The van der Waals surface area contributed by atoms with Crippen molar-refractivity contribution in [2.24, 2.45) is 0 Å². The molecular formula is C20H26N4O4. The van der Waals surface area contributed by atoms with Crippen molar-refractivity contribution in [2.75, 3.05) is 44.6 Å². The molecule has 3 aliphatic heterocycles. The number of rotatable bonds is 2. The van der Waals surface area contributed by atoms with Gasteiger partial charge in [0.2, 0.25) is 5.91 Å². The van der Waals surface area contributed by atoms with E-state index in [1.165, 1.54) is 6.42 Å². The first-order valence-electron chi connectivity index (χ1n) is 10.00. The summed E-state index contributed by atoms with van der Waals surface area (Å²) in [6.45, 7) is 3.69. The number of fused-ring (bicyclic) bond motifs is 1. The van der Waals surface area contributed by atoms with Crippen LogP contribution in [-0.4, -0.2) is 77.9 Å². The van der Waals surface area contributed by atoms with Crippen molar-refractivity contribution in [3.8, 4) is 5.75 Å². The van der Waals surface area contributed by atoms with Gasteiger partial charge in [-0.1, -0.05) is 12.1 Å². The van der Waals surface area contributed by atoms with Crippen LogP contribution < -0.4 is 10.1 Å². The number of ether oxygens (including phenoxy) is 1. The molecular weight excluding hydrogens is 360 g/mol. The summed E-state index contributed by atoms with van der Waals surface area (Å²) in [5, 5.41) is 2.78. The van der Waals surface area contributed by atoms with Crippen LogP contribution in [0.25, 0.3) is 0 Å². The Morgan fingerprint density at radius 1 is 0.929 bits per heavy atom. The third-order valence-corrected chi connectivity index (χ3v) is 5.60. The minimum Gasteiger partial charge on any atom is -0.478 e. The molecule has 1 aromatic carbocycles. The van der Waals surface area contributed by atoms with Crippen LogP contribution in [0.5, 0.6) is 5.75 Å². The molecule has 3 heterocycles. The van der Waals surface area contributed by atoms with Crippen LogP contribution in [0.4, 0.5) is 10.5 Å². The Morgan fingerprint density at radius 2 is 1.57 bits per heavy atom. The van der Waals surface area contributed by atoms with Gasteiger partial charge in [-0.2, -0.15) is 0 Å². The van der Waals surface area contributed by atoms with Crippen molar-refractivity contribution in [3.63, 3.8) is 0 Å². The van der Waals surface area contributed by atoms with Gasteiger partial charge in [0.1, 0.15) is 5.75 Å². The number of nitrogens with zero attached hydrogens (tertiary/aromatic N) is 3. The Balaban J connectivity index is 1.28. The van der Waals surface area contributed by atoms with Crippen molar-refractivity contribution in [3.05, 3.63) is 24.3 Å². The van der Waals surface area contributed by atoms with Crippen molar-refractivity contribution in [2.45, 2.75) is 31.8 Å². The van der Waals surface area contributed by atoms with E-state index in [0.29, 0.717) is 37.6 Å². The molecule has 28 heavy (non-hydrogen) atoms. The lowest BCUT2D eigenvalue weighted by molar-refractivity contribution is -0.138. The monoisotopic (exact) mass is 386 g/mol. The highest BCUT2D eigenvalue weighted by atomic mass is 16.5. The van der Waals surface area contributed by atoms with Crippen molar-refractivity contribution >= 4 is 23.5 Å². The molecule has 0 bridgehead atoms. The second-order valence-corrected chi connectivity index (χ2v) is 7.49. The Hall–Kier alpha value is -2.77. The van der Waals surface area contributed by atoms with E-state index in [1.807, 2.05) is 21.9 Å². The molecule has 1 atom stereocenters. The van der Waals surface area contributed by atoms with Gasteiger partial charge < -0.3 is 24.8 Å². The second-order valence-electron chi connectivity index (χ2n) is 7.49. The van der Waals surface area contributed by atoms with Crippen LogP contribution >= 0.6 is 0 Å². The summed E-state index contributed by atoms with van der Waals surface area (Å²) in [5.41, 5.74) is 0.626.